The van der Waals surface area contributed by atoms with Crippen LogP contribution in [0.2, 0.25) is 0 Å². The Kier molecular flexibility index (Phi) is 8.55. The number of piperidine rings is 1. The monoisotopic (exact) mass is 462 g/mol. The fourth-order valence-corrected chi connectivity index (χ4v) is 4.70. The van der Waals surface area contributed by atoms with E-state index in [0.29, 0.717) is 5.92 Å². The highest BCUT2D eigenvalue weighted by Crippen LogP contribution is 2.27. The second kappa shape index (κ2) is 11.1. The lowest BCUT2D eigenvalue weighted by atomic mass is 9.91. The molecule has 1 atom stereocenters. The van der Waals surface area contributed by atoms with Crippen molar-refractivity contribution in [1.82, 2.24) is 29.5 Å². The zero-order chi connectivity index (χ0) is 19.5. The number of benzene rings is 1. The van der Waals surface area contributed by atoms with Crippen molar-refractivity contribution < 1.29 is 0 Å². The molecular formula is C23H32Cl2N6. The minimum Gasteiger partial charge on any atom is -0.328 e. The molecule has 8 heteroatoms. The van der Waals surface area contributed by atoms with Crippen molar-refractivity contribution in [3.63, 3.8) is 0 Å². The molecular weight excluding hydrogens is 431 g/mol. The van der Waals surface area contributed by atoms with Crippen molar-refractivity contribution in [2.24, 2.45) is 0 Å². The maximum atomic E-state index is 4.84. The minimum absolute atomic E-state index is 0. The van der Waals surface area contributed by atoms with Gasteiger partial charge in [0.05, 0.1) is 5.69 Å². The van der Waals surface area contributed by atoms with Gasteiger partial charge < -0.3 is 14.8 Å². The van der Waals surface area contributed by atoms with Crippen molar-refractivity contribution in [2.45, 2.75) is 44.8 Å². The van der Waals surface area contributed by atoms with Gasteiger partial charge in [0.15, 0.2) is 5.82 Å². The lowest BCUT2D eigenvalue weighted by Crippen LogP contribution is -2.36. The van der Waals surface area contributed by atoms with Crippen molar-refractivity contribution in [3.05, 3.63) is 60.0 Å². The van der Waals surface area contributed by atoms with Crippen LogP contribution in [0, 0.1) is 0 Å². The highest BCUT2D eigenvalue weighted by Gasteiger charge is 2.21. The molecule has 0 spiro atoms. The van der Waals surface area contributed by atoms with Gasteiger partial charge in [-0.3, -0.25) is 4.68 Å². The Labute approximate surface area is 196 Å². The van der Waals surface area contributed by atoms with Gasteiger partial charge in [-0.1, -0.05) is 30.3 Å². The summed E-state index contributed by atoms with van der Waals surface area (Å²) in [5.74, 6) is 1.64. The Bertz CT molecular complexity index is 915. The maximum Gasteiger partial charge on any atom is 0.160 e. The number of rotatable bonds is 5. The fraction of sp³-hybridized carbons (Fsp3) is 0.478. The van der Waals surface area contributed by atoms with Crippen LogP contribution in [0.5, 0.6) is 0 Å². The summed E-state index contributed by atoms with van der Waals surface area (Å²) in [4.78, 5) is 7.24. The molecule has 0 amide bonds. The number of nitrogens with one attached hydrogen (secondary N) is 1. The standard InChI is InChI=1S/C23H30N6.2ClH/c1-2-6-19(7-3-1)20-8-4-11-27(18-20)14-15-28-13-10-25-23(28)22-16-21-17-24-9-5-12-29(21)26-22;;/h1-3,6-7,10,13,16,20,24H,4-5,8-9,11-12,14-15,17-18H2;2*1H. The molecule has 0 saturated carbocycles. The molecule has 0 bridgehead atoms. The van der Waals surface area contributed by atoms with E-state index in [-0.39, 0.29) is 24.8 Å². The Morgan fingerprint density at radius 3 is 2.77 bits per heavy atom. The third-order valence-electron chi connectivity index (χ3n) is 6.27. The van der Waals surface area contributed by atoms with Gasteiger partial charge in [0.1, 0.15) is 5.69 Å². The third-order valence-corrected chi connectivity index (χ3v) is 6.27. The van der Waals surface area contributed by atoms with Crippen molar-refractivity contribution in [3.8, 4) is 11.5 Å². The predicted molar refractivity (Wildman–Crippen MR) is 129 cm³/mol. The summed E-state index contributed by atoms with van der Waals surface area (Å²) >= 11 is 0. The van der Waals surface area contributed by atoms with E-state index in [9.17, 15) is 0 Å². The van der Waals surface area contributed by atoms with Gasteiger partial charge in [0, 0.05) is 45.1 Å². The average molecular weight is 463 g/mol. The number of hydrogen-bond donors (Lipinski definition) is 1. The molecule has 1 saturated heterocycles. The number of aromatic nitrogens is 4. The van der Waals surface area contributed by atoms with Crippen LogP contribution in [0.25, 0.3) is 11.5 Å². The fourth-order valence-electron chi connectivity index (χ4n) is 4.70. The molecule has 1 unspecified atom stereocenters. The van der Waals surface area contributed by atoms with Gasteiger partial charge >= 0.3 is 0 Å². The van der Waals surface area contributed by atoms with E-state index in [0.717, 1.165) is 57.2 Å². The number of hydrogen-bond acceptors (Lipinski definition) is 4. The van der Waals surface area contributed by atoms with Gasteiger partial charge in [-0.15, -0.1) is 24.8 Å². The number of imidazole rings is 1. The summed E-state index contributed by atoms with van der Waals surface area (Å²) in [7, 11) is 0. The number of aryl methyl sites for hydroxylation is 1. The van der Waals surface area contributed by atoms with E-state index in [1.807, 2.05) is 6.20 Å². The zero-order valence-corrected chi connectivity index (χ0v) is 19.5. The number of likely N-dealkylation sites (tertiary alicyclic amines) is 1. The Balaban J connectivity index is 0.00000136. The van der Waals surface area contributed by atoms with E-state index >= 15 is 0 Å². The lowest BCUT2D eigenvalue weighted by Gasteiger charge is -2.33. The summed E-state index contributed by atoms with van der Waals surface area (Å²) in [6.45, 7) is 7.29. The zero-order valence-electron chi connectivity index (χ0n) is 17.8. The van der Waals surface area contributed by atoms with Crippen LogP contribution in [-0.2, 0) is 19.6 Å². The van der Waals surface area contributed by atoms with Gasteiger partial charge in [-0.25, -0.2) is 4.98 Å². The van der Waals surface area contributed by atoms with E-state index in [2.05, 4.69) is 67.0 Å². The molecule has 4 heterocycles. The SMILES string of the molecule is Cl.Cl.c1ccc(C2CCCN(CCn3ccnc3-c3cc4n(n3)CCCNC4)C2)cc1. The number of fused-ring (bicyclic) bond motifs is 1. The molecule has 6 nitrogen and oxygen atoms in total. The predicted octanol–water partition coefficient (Wildman–Crippen LogP) is 3.96. The van der Waals surface area contributed by atoms with Crippen molar-refractivity contribution in [2.75, 3.05) is 26.2 Å². The first-order valence-corrected chi connectivity index (χ1v) is 10.9. The molecule has 1 aromatic carbocycles. The molecule has 2 aromatic heterocycles. The first-order valence-electron chi connectivity index (χ1n) is 10.9. The molecule has 0 radical (unpaired) electrons. The molecule has 1 fully saturated rings. The Morgan fingerprint density at radius 2 is 1.90 bits per heavy atom. The summed E-state index contributed by atoms with van der Waals surface area (Å²) in [5, 5.41) is 8.31. The van der Waals surface area contributed by atoms with Crippen molar-refractivity contribution in [1.29, 1.82) is 0 Å². The summed E-state index contributed by atoms with van der Waals surface area (Å²) in [5.41, 5.74) is 3.73. The average Bonchev–Trinajstić information content (AvgIpc) is 3.34. The van der Waals surface area contributed by atoms with Crippen LogP contribution in [0.3, 0.4) is 0 Å². The summed E-state index contributed by atoms with van der Waals surface area (Å²) in [6.07, 6.45) is 7.69. The van der Waals surface area contributed by atoms with Gasteiger partial charge in [-0.05, 0) is 49.9 Å². The first-order chi connectivity index (χ1) is 14.4. The second-order valence-electron chi connectivity index (χ2n) is 8.27. The van der Waals surface area contributed by atoms with E-state index in [4.69, 9.17) is 5.10 Å². The minimum atomic E-state index is 0. The van der Waals surface area contributed by atoms with Gasteiger partial charge in [0.2, 0.25) is 0 Å². The summed E-state index contributed by atoms with van der Waals surface area (Å²) < 4.78 is 4.41. The molecule has 2 aliphatic heterocycles. The van der Waals surface area contributed by atoms with Crippen LogP contribution in [0.1, 0.15) is 36.4 Å². The number of nitrogens with zero attached hydrogens (tertiary/aromatic N) is 5. The van der Waals surface area contributed by atoms with E-state index < -0.39 is 0 Å². The normalized spacial score (nSPS) is 19.0. The second-order valence-corrected chi connectivity index (χ2v) is 8.27. The van der Waals surface area contributed by atoms with Crippen LogP contribution in [0.4, 0.5) is 0 Å². The molecule has 168 valence electrons. The Hall–Kier alpha value is -1.86. The first kappa shape index (κ1) is 23.8. The van der Waals surface area contributed by atoms with Crippen LogP contribution in [-0.4, -0.2) is 50.4 Å². The van der Waals surface area contributed by atoms with Crippen LogP contribution in [0.15, 0.2) is 48.8 Å². The quantitative estimate of drug-likeness (QED) is 0.623. The molecule has 0 aliphatic carbocycles. The van der Waals surface area contributed by atoms with Crippen LogP contribution < -0.4 is 5.32 Å². The number of halogens is 2. The molecule has 1 N–H and O–H groups in total. The van der Waals surface area contributed by atoms with E-state index in [1.165, 1.54) is 30.6 Å². The van der Waals surface area contributed by atoms with Gasteiger partial charge in [-0.2, -0.15) is 5.10 Å². The lowest BCUT2D eigenvalue weighted by molar-refractivity contribution is 0.201. The smallest absolute Gasteiger partial charge is 0.160 e. The van der Waals surface area contributed by atoms with Crippen molar-refractivity contribution >= 4 is 24.8 Å². The molecule has 3 aromatic rings. The highest BCUT2D eigenvalue weighted by molar-refractivity contribution is 5.85. The third kappa shape index (κ3) is 5.50. The maximum absolute atomic E-state index is 4.84. The highest BCUT2D eigenvalue weighted by atomic mass is 35.5. The molecule has 31 heavy (non-hydrogen) atoms. The molecule has 2 aliphatic rings. The topological polar surface area (TPSA) is 50.9 Å². The van der Waals surface area contributed by atoms with Crippen LogP contribution >= 0.6 is 24.8 Å². The summed E-state index contributed by atoms with van der Waals surface area (Å²) in [6, 6.07) is 13.2. The molecule has 5 rings (SSSR count). The largest absolute Gasteiger partial charge is 0.328 e. The Morgan fingerprint density at radius 1 is 1.03 bits per heavy atom. The van der Waals surface area contributed by atoms with E-state index in [1.54, 1.807) is 0 Å². The van der Waals surface area contributed by atoms with Gasteiger partial charge in [0.25, 0.3) is 0 Å².